The lowest BCUT2D eigenvalue weighted by Gasteiger charge is -2.36. The maximum Gasteiger partial charge on any atom is 0.245 e. The van der Waals surface area contributed by atoms with Crippen molar-refractivity contribution in [3.8, 4) is 0 Å². The van der Waals surface area contributed by atoms with E-state index < -0.39 is 10.0 Å². The van der Waals surface area contributed by atoms with Crippen molar-refractivity contribution in [2.75, 3.05) is 33.2 Å². The lowest BCUT2D eigenvalue weighted by Crippen LogP contribution is -2.50. The first-order chi connectivity index (χ1) is 9.86. The Morgan fingerprint density at radius 1 is 1.33 bits per heavy atom. The first kappa shape index (κ1) is 17.4. The Morgan fingerprint density at radius 3 is 2.48 bits per heavy atom. The minimum Gasteiger partial charge on any atom is -0.315 e. The fraction of sp³-hybridized carbons (Fsp3) is 0.692. The molecule has 8 heteroatoms. The predicted molar refractivity (Wildman–Crippen MR) is 90.3 cm³/mol. The number of nitrogens with zero attached hydrogens (tertiary/aromatic N) is 2. The summed E-state index contributed by atoms with van der Waals surface area (Å²) in [6.45, 7) is 7.67. The second-order valence-corrected chi connectivity index (χ2v) is 9.78. The van der Waals surface area contributed by atoms with Gasteiger partial charge < -0.3 is 5.32 Å². The summed E-state index contributed by atoms with van der Waals surface area (Å²) in [6.07, 6.45) is 0. The van der Waals surface area contributed by atoms with Crippen LogP contribution in [0.5, 0.6) is 0 Å². The highest BCUT2D eigenvalue weighted by molar-refractivity contribution is 9.11. The molecule has 0 saturated carbocycles. The van der Waals surface area contributed by atoms with Crippen LogP contribution in [0.25, 0.3) is 0 Å². The molecule has 1 aliphatic heterocycles. The van der Waals surface area contributed by atoms with Crippen LogP contribution in [-0.4, -0.2) is 56.9 Å². The van der Waals surface area contributed by atoms with Crippen LogP contribution in [0.4, 0.5) is 0 Å². The van der Waals surface area contributed by atoms with Gasteiger partial charge in [0.1, 0.15) is 4.90 Å². The first-order valence-electron chi connectivity index (χ1n) is 7.03. The zero-order valence-corrected chi connectivity index (χ0v) is 15.8. The van der Waals surface area contributed by atoms with Crippen LogP contribution in [-0.2, 0) is 16.6 Å². The van der Waals surface area contributed by atoms with E-state index in [1.807, 2.05) is 7.05 Å². The molecule has 1 aromatic rings. The van der Waals surface area contributed by atoms with Crippen LogP contribution >= 0.6 is 27.3 Å². The largest absolute Gasteiger partial charge is 0.315 e. The van der Waals surface area contributed by atoms with Gasteiger partial charge in [-0.25, -0.2) is 8.42 Å². The highest BCUT2D eigenvalue weighted by Gasteiger charge is 2.31. The fourth-order valence-corrected chi connectivity index (χ4v) is 6.50. The molecule has 1 aromatic heterocycles. The molecule has 0 amide bonds. The van der Waals surface area contributed by atoms with Crippen molar-refractivity contribution >= 4 is 37.3 Å². The third-order valence-electron chi connectivity index (χ3n) is 3.68. The molecule has 0 bridgehead atoms. The van der Waals surface area contributed by atoms with Gasteiger partial charge in [-0.1, -0.05) is 0 Å². The van der Waals surface area contributed by atoms with Gasteiger partial charge in [0.25, 0.3) is 0 Å². The summed E-state index contributed by atoms with van der Waals surface area (Å²) in [4.78, 5) is 3.72. The van der Waals surface area contributed by atoms with Crippen LogP contribution in [0.1, 0.15) is 18.7 Å². The van der Waals surface area contributed by atoms with Gasteiger partial charge in [0, 0.05) is 43.6 Å². The van der Waals surface area contributed by atoms with E-state index in [0.29, 0.717) is 34.4 Å². The molecule has 2 heterocycles. The van der Waals surface area contributed by atoms with Crippen LogP contribution in [0, 0.1) is 0 Å². The molecule has 1 fully saturated rings. The SMILES string of the molecule is CNCc1cc(S(=O)(=O)N2CCN(C(C)C)CC2)c(Br)s1. The number of hydrogen-bond acceptors (Lipinski definition) is 5. The Hall–Kier alpha value is 0.01000. The van der Waals surface area contributed by atoms with Crippen molar-refractivity contribution in [2.24, 2.45) is 0 Å². The van der Waals surface area contributed by atoms with Crippen molar-refractivity contribution in [1.29, 1.82) is 0 Å². The van der Waals surface area contributed by atoms with Gasteiger partial charge in [0.15, 0.2) is 0 Å². The monoisotopic (exact) mass is 395 g/mol. The molecule has 120 valence electrons. The molecule has 0 spiro atoms. The summed E-state index contributed by atoms with van der Waals surface area (Å²) in [5, 5.41) is 3.05. The molecule has 1 saturated heterocycles. The molecule has 5 nitrogen and oxygen atoms in total. The van der Waals surface area contributed by atoms with E-state index in [9.17, 15) is 8.42 Å². The summed E-state index contributed by atoms with van der Waals surface area (Å²) in [6, 6.07) is 2.24. The summed E-state index contributed by atoms with van der Waals surface area (Å²) in [5.41, 5.74) is 0. The van der Waals surface area contributed by atoms with Gasteiger partial charge in [-0.2, -0.15) is 4.31 Å². The average molecular weight is 396 g/mol. The van der Waals surface area contributed by atoms with E-state index in [4.69, 9.17) is 0 Å². The highest BCUT2D eigenvalue weighted by atomic mass is 79.9. The van der Waals surface area contributed by atoms with Crippen molar-refractivity contribution < 1.29 is 8.42 Å². The van der Waals surface area contributed by atoms with Crippen LogP contribution in [0.2, 0.25) is 0 Å². The Kier molecular flexibility index (Phi) is 5.84. The third-order valence-corrected chi connectivity index (χ3v) is 7.83. The minimum absolute atomic E-state index is 0.399. The van der Waals surface area contributed by atoms with Gasteiger partial charge >= 0.3 is 0 Å². The average Bonchev–Trinajstić information content (AvgIpc) is 2.81. The van der Waals surface area contributed by atoms with E-state index in [1.54, 1.807) is 10.4 Å². The molecule has 1 aliphatic rings. The predicted octanol–water partition coefficient (Wildman–Crippen LogP) is 1.94. The lowest BCUT2D eigenvalue weighted by atomic mass is 10.3. The topological polar surface area (TPSA) is 52.7 Å². The Bertz CT molecular complexity index is 578. The quantitative estimate of drug-likeness (QED) is 0.827. The number of rotatable bonds is 5. The molecular weight excluding hydrogens is 374 g/mol. The van der Waals surface area contributed by atoms with Gasteiger partial charge in [-0.3, -0.25) is 4.90 Å². The van der Waals surface area contributed by atoms with Crippen molar-refractivity contribution in [3.05, 3.63) is 14.7 Å². The molecule has 0 unspecified atom stereocenters. The summed E-state index contributed by atoms with van der Waals surface area (Å²) >= 11 is 4.87. The molecule has 0 atom stereocenters. The van der Waals surface area contributed by atoms with Gasteiger partial charge in [-0.05, 0) is 42.9 Å². The van der Waals surface area contributed by atoms with Crippen molar-refractivity contribution in [2.45, 2.75) is 31.3 Å². The zero-order chi connectivity index (χ0) is 15.6. The van der Waals surface area contributed by atoms with Crippen molar-refractivity contribution in [3.63, 3.8) is 0 Å². The molecular formula is C13H22BrN3O2S2. The molecule has 1 N–H and O–H groups in total. The Balaban J connectivity index is 2.15. The zero-order valence-electron chi connectivity index (χ0n) is 12.6. The van der Waals surface area contributed by atoms with E-state index in [2.05, 4.69) is 40.0 Å². The van der Waals surface area contributed by atoms with Crippen LogP contribution < -0.4 is 5.32 Å². The maximum absolute atomic E-state index is 12.8. The summed E-state index contributed by atoms with van der Waals surface area (Å²) in [7, 11) is -1.54. The van der Waals surface area contributed by atoms with Gasteiger partial charge in [0.2, 0.25) is 10.0 Å². The van der Waals surface area contributed by atoms with Gasteiger partial charge in [0.05, 0.1) is 3.79 Å². The standard InChI is InChI=1S/C13H22BrN3O2S2/c1-10(2)16-4-6-17(7-5-16)21(18,19)12-8-11(9-15-3)20-13(12)14/h8,10,15H,4-7,9H2,1-3H3. The lowest BCUT2D eigenvalue weighted by molar-refractivity contribution is 0.154. The second-order valence-electron chi connectivity index (χ2n) is 5.41. The number of halogens is 1. The van der Waals surface area contributed by atoms with Crippen LogP contribution in [0.15, 0.2) is 14.7 Å². The molecule has 0 aliphatic carbocycles. The molecule has 2 rings (SSSR count). The first-order valence-corrected chi connectivity index (χ1v) is 10.1. The Morgan fingerprint density at radius 2 is 1.95 bits per heavy atom. The second kappa shape index (κ2) is 7.06. The number of sulfonamides is 1. The summed E-state index contributed by atoms with van der Waals surface area (Å²) < 4.78 is 27.8. The molecule has 0 radical (unpaired) electrons. The number of nitrogens with one attached hydrogen (secondary N) is 1. The maximum atomic E-state index is 12.8. The normalized spacial score (nSPS) is 18.5. The highest BCUT2D eigenvalue weighted by Crippen LogP contribution is 2.33. The number of piperazine rings is 1. The third kappa shape index (κ3) is 3.86. The van der Waals surface area contributed by atoms with Crippen molar-refractivity contribution in [1.82, 2.24) is 14.5 Å². The number of thiophene rings is 1. The van der Waals surface area contributed by atoms with E-state index in [0.717, 1.165) is 18.0 Å². The molecule has 0 aromatic carbocycles. The van der Waals surface area contributed by atoms with Crippen LogP contribution in [0.3, 0.4) is 0 Å². The molecule has 21 heavy (non-hydrogen) atoms. The fourth-order valence-electron chi connectivity index (χ4n) is 2.43. The minimum atomic E-state index is -3.40. The van der Waals surface area contributed by atoms with E-state index >= 15 is 0 Å². The van der Waals surface area contributed by atoms with E-state index in [1.165, 1.54) is 11.3 Å². The number of hydrogen-bond donors (Lipinski definition) is 1. The summed E-state index contributed by atoms with van der Waals surface area (Å²) in [5.74, 6) is 0. The van der Waals surface area contributed by atoms with Gasteiger partial charge in [-0.15, -0.1) is 11.3 Å². The Labute approximate surface area is 139 Å². The van der Waals surface area contributed by atoms with E-state index in [-0.39, 0.29) is 0 Å². The smallest absolute Gasteiger partial charge is 0.245 e.